The normalized spacial score (nSPS) is 10.1. The van der Waals surface area contributed by atoms with Gasteiger partial charge in [-0.2, -0.15) is 0 Å². The van der Waals surface area contributed by atoms with E-state index in [9.17, 15) is 4.39 Å². The van der Waals surface area contributed by atoms with Crippen molar-refractivity contribution in [3.8, 4) is 0 Å². The summed E-state index contributed by atoms with van der Waals surface area (Å²) in [6.45, 7) is 0.539. The molecule has 1 aromatic carbocycles. The molecule has 0 aliphatic heterocycles. The highest BCUT2D eigenvalue weighted by Crippen LogP contribution is 2.16. The lowest BCUT2D eigenvalue weighted by atomic mass is 10.2. The average Bonchev–Trinajstić information content (AvgIpc) is 2.32. The van der Waals surface area contributed by atoms with Crippen LogP contribution in [0.5, 0.6) is 0 Å². The summed E-state index contributed by atoms with van der Waals surface area (Å²) < 4.78 is 12.9. The highest BCUT2D eigenvalue weighted by Gasteiger charge is 2.00. The Morgan fingerprint density at radius 2 is 2.19 bits per heavy atom. The summed E-state index contributed by atoms with van der Waals surface area (Å²) in [4.78, 5) is 7.81. The fourth-order valence-corrected chi connectivity index (χ4v) is 1.44. The third kappa shape index (κ3) is 2.67. The number of benzene rings is 1. The number of hydrogen-bond acceptors (Lipinski definition) is 3. The van der Waals surface area contributed by atoms with Crippen molar-refractivity contribution >= 4 is 17.4 Å². The van der Waals surface area contributed by atoms with Gasteiger partial charge in [0, 0.05) is 12.7 Å². The van der Waals surface area contributed by atoms with Crippen molar-refractivity contribution in [3.05, 3.63) is 53.2 Å². The van der Waals surface area contributed by atoms with E-state index >= 15 is 0 Å². The van der Waals surface area contributed by atoms with E-state index in [-0.39, 0.29) is 5.02 Å². The molecular formula is C11H9ClFN3. The maximum absolute atomic E-state index is 12.9. The second kappa shape index (κ2) is 4.90. The Balaban J connectivity index is 2.03. The van der Waals surface area contributed by atoms with Crippen LogP contribution < -0.4 is 5.32 Å². The number of anilines is 1. The molecule has 1 heterocycles. The summed E-state index contributed by atoms with van der Waals surface area (Å²) >= 11 is 5.67. The molecule has 0 aliphatic carbocycles. The number of nitrogens with one attached hydrogen (secondary N) is 1. The Kier molecular flexibility index (Phi) is 3.31. The zero-order valence-electron chi connectivity index (χ0n) is 8.32. The van der Waals surface area contributed by atoms with Crippen molar-refractivity contribution in [3.63, 3.8) is 0 Å². The quantitative estimate of drug-likeness (QED) is 0.892. The molecule has 2 rings (SSSR count). The Hall–Kier alpha value is -1.68. The summed E-state index contributed by atoms with van der Waals surface area (Å²) in [5, 5.41) is 3.20. The van der Waals surface area contributed by atoms with Gasteiger partial charge in [-0.15, -0.1) is 0 Å². The summed E-state index contributed by atoms with van der Waals surface area (Å²) in [6.07, 6.45) is 3.10. The molecule has 0 radical (unpaired) electrons. The molecule has 3 nitrogen and oxygen atoms in total. The van der Waals surface area contributed by atoms with Crippen molar-refractivity contribution in [1.82, 2.24) is 9.97 Å². The van der Waals surface area contributed by atoms with Crippen LogP contribution in [0.4, 0.5) is 10.2 Å². The van der Waals surface area contributed by atoms with Crippen LogP contribution in [0, 0.1) is 5.82 Å². The molecule has 82 valence electrons. The Labute approximate surface area is 97.3 Å². The molecule has 16 heavy (non-hydrogen) atoms. The largest absolute Gasteiger partial charge is 0.366 e. The van der Waals surface area contributed by atoms with E-state index in [2.05, 4.69) is 15.3 Å². The Bertz CT molecular complexity index is 476. The van der Waals surface area contributed by atoms with Crippen LogP contribution in [0.3, 0.4) is 0 Å². The molecule has 1 aromatic heterocycles. The molecule has 0 saturated heterocycles. The molecular weight excluding hydrogens is 229 g/mol. The van der Waals surface area contributed by atoms with Crippen molar-refractivity contribution < 1.29 is 4.39 Å². The Morgan fingerprint density at radius 3 is 2.88 bits per heavy atom. The van der Waals surface area contributed by atoms with E-state index in [4.69, 9.17) is 11.6 Å². The maximum Gasteiger partial charge on any atom is 0.141 e. The van der Waals surface area contributed by atoms with Gasteiger partial charge < -0.3 is 5.32 Å². The number of hydrogen-bond donors (Lipinski definition) is 1. The van der Waals surface area contributed by atoms with Gasteiger partial charge >= 0.3 is 0 Å². The fourth-order valence-electron chi connectivity index (χ4n) is 1.24. The molecule has 0 fully saturated rings. The predicted octanol–water partition coefficient (Wildman–Crippen LogP) is 2.88. The monoisotopic (exact) mass is 237 g/mol. The lowest BCUT2D eigenvalue weighted by Crippen LogP contribution is -2.01. The van der Waals surface area contributed by atoms with Gasteiger partial charge in [0.05, 0.1) is 5.02 Å². The molecule has 1 N–H and O–H groups in total. The molecule has 0 unspecified atom stereocenters. The van der Waals surface area contributed by atoms with E-state index in [1.807, 2.05) is 0 Å². The molecule has 0 spiro atoms. The number of nitrogens with zero attached hydrogens (tertiary/aromatic N) is 2. The maximum atomic E-state index is 12.9. The third-order valence-electron chi connectivity index (χ3n) is 2.04. The first-order chi connectivity index (χ1) is 7.75. The zero-order valence-corrected chi connectivity index (χ0v) is 9.08. The highest BCUT2D eigenvalue weighted by molar-refractivity contribution is 6.30. The SMILES string of the molecule is Fc1ccc(CNc2ccncn2)cc1Cl. The number of aromatic nitrogens is 2. The summed E-state index contributed by atoms with van der Waals surface area (Å²) in [5.74, 6) is 0.308. The van der Waals surface area contributed by atoms with Crippen LogP contribution in [0.1, 0.15) is 5.56 Å². The van der Waals surface area contributed by atoms with Gasteiger partial charge in [0.2, 0.25) is 0 Å². The molecule has 0 aliphatic rings. The smallest absolute Gasteiger partial charge is 0.141 e. The van der Waals surface area contributed by atoms with E-state index in [1.165, 1.54) is 12.4 Å². The van der Waals surface area contributed by atoms with Crippen molar-refractivity contribution in [2.75, 3.05) is 5.32 Å². The molecule has 5 heteroatoms. The second-order valence-corrected chi connectivity index (χ2v) is 3.60. The van der Waals surface area contributed by atoms with Gasteiger partial charge in [-0.05, 0) is 23.8 Å². The first-order valence-corrected chi connectivity index (χ1v) is 5.07. The lowest BCUT2D eigenvalue weighted by Gasteiger charge is -2.05. The van der Waals surface area contributed by atoms with Gasteiger partial charge in [0.1, 0.15) is 18.0 Å². The topological polar surface area (TPSA) is 37.8 Å². The fraction of sp³-hybridized carbons (Fsp3) is 0.0909. The molecule has 0 atom stereocenters. The van der Waals surface area contributed by atoms with Crippen LogP contribution in [-0.4, -0.2) is 9.97 Å². The molecule has 0 bridgehead atoms. The first kappa shape index (κ1) is 10.8. The minimum Gasteiger partial charge on any atom is -0.366 e. The number of halogens is 2. The van der Waals surface area contributed by atoms with E-state index < -0.39 is 5.82 Å². The second-order valence-electron chi connectivity index (χ2n) is 3.20. The molecule has 2 aromatic rings. The van der Waals surface area contributed by atoms with E-state index in [0.717, 1.165) is 11.4 Å². The molecule has 0 amide bonds. The van der Waals surface area contributed by atoms with Crippen molar-refractivity contribution in [1.29, 1.82) is 0 Å². The standard InChI is InChI=1S/C11H9ClFN3/c12-9-5-8(1-2-10(9)13)6-15-11-3-4-14-7-16-11/h1-5,7H,6H2,(H,14,15,16). The third-order valence-corrected chi connectivity index (χ3v) is 2.33. The zero-order chi connectivity index (χ0) is 11.4. The van der Waals surface area contributed by atoms with Gasteiger partial charge in [-0.25, -0.2) is 14.4 Å². The van der Waals surface area contributed by atoms with Gasteiger partial charge in [0.15, 0.2) is 0 Å². The van der Waals surface area contributed by atoms with Crippen LogP contribution in [0.15, 0.2) is 36.8 Å². The van der Waals surface area contributed by atoms with Crippen LogP contribution in [-0.2, 0) is 6.54 Å². The van der Waals surface area contributed by atoms with E-state index in [1.54, 1.807) is 24.4 Å². The van der Waals surface area contributed by atoms with E-state index in [0.29, 0.717) is 6.54 Å². The summed E-state index contributed by atoms with van der Waals surface area (Å²) in [6, 6.07) is 6.37. The first-order valence-electron chi connectivity index (χ1n) is 4.69. The van der Waals surface area contributed by atoms with Crippen LogP contribution >= 0.6 is 11.6 Å². The number of rotatable bonds is 3. The minimum absolute atomic E-state index is 0.127. The summed E-state index contributed by atoms with van der Waals surface area (Å²) in [5.41, 5.74) is 0.894. The van der Waals surface area contributed by atoms with Crippen molar-refractivity contribution in [2.24, 2.45) is 0 Å². The Morgan fingerprint density at radius 1 is 1.31 bits per heavy atom. The van der Waals surface area contributed by atoms with Crippen LogP contribution in [0.25, 0.3) is 0 Å². The van der Waals surface area contributed by atoms with Gasteiger partial charge in [-0.3, -0.25) is 0 Å². The highest BCUT2D eigenvalue weighted by atomic mass is 35.5. The summed E-state index contributed by atoms with van der Waals surface area (Å²) in [7, 11) is 0. The van der Waals surface area contributed by atoms with Crippen molar-refractivity contribution in [2.45, 2.75) is 6.54 Å². The van der Waals surface area contributed by atoms with Crippen LogP contribution in [0.2, 0.25) is 5.02 Å². The molecule has 0 saturated carbocycles. The van der Waals surface area contributed by atoms with Gasteiger partial charge in [0.25, 0.3) is 0 Å². The predicted molar refractivity (Wildman–Crippen MR) is 60.8 cm³/mol. The lowest BCUT2D eigenvalue weighted by molar-refractivity contribution is 0.627. The average molecular weight is 238 g/mol. The minimum atomic E-state index is -0.410. The van der Waals surface area contributed by atoms with Gasteiger partial charge in [-0.1, -0.05) is 17.7 Å².